The molecule has 128 valence electrons. The minimum absolute atomic E-state index is 0. The van der Waals surface area contributed by atoms with Gasteiger partial charge in [0, 0.05) is 25.4 Å². The van der Waals surface area contributed by atoms with E-state index in [9.17, 15) is 0 Å². The Morgan fingerprint density at radius 3 is 2.70 bits per heavy atom. The van der Waals surface area contributed by atoms with Crippen molar-refractivity contribution in [1.29, 1.82) is 0 Å². The minimum atomic E-state index is 0. The number of nitrogens with zero attached hydrogens (tertiary/aromatic N) is 3. The first kappa shape index (κ1) is 18.3. The number of guanidine groups is 1. The van der Waals surface area contributed by atoms with Crippen LogP contribution in [0.3, 0.4) is 0 Å². The van der Waals surface area contributed by atoms with E-state index in [1.54, 1.807) is 6.20 Å². The number of pyridine rings is 1. The molecule has 2 heterocycles. The number of rotatable bonds is 4. The summed E-state index contributed by atoms with van der Waals surface area (Å²) in [5.41, 5.74) is 7.20. The first-order valence-corrected chi connectivity index (χ1v) is 8.48. The van der Waals surface area contributed by atoms with Gasteiger partial charge in [-0.1, -0.05) is 0 Å². The molecule has 1 aromatic rings. The standard InChI is InChI=1S/C17H26N4O.HI/c18-17(21-10-4-1-5-11-21)20-13-14-8-9-19-16(12-14)22-15-6-2-3-7-15;/h8-9,12,15H,1-7,10-11,13H2,(H2,18,20);1H. The second-order valence-corrected chi connectivity index (χ2v) is 6.25. The van der Waals surface area contributed by atoms with Crippen LogP contribution >= 0.6 is 24.0 Å². The van der Waals surface area contributed by atoms with Crippen LogP contribution in [0.1, 0.15) is 50.5 Å². The first-order chi connectivity index (χ1) is 10.8. The van der Waals surface area contributed by atoms with Gasteiger partial charge in [0.15, 0.2) is 5.96 Å². The lowest BCUT2D eigenvalue weighted by Gasteiger charge is -2.27. The SMILES string of the molecule is I.NC(=NCc1ccnc(OC2CCCC2)c1)N1CCCCC1. The Kier molecular flexibility index (Phi) is 7.39. The molecule has 0 bridgehead atoms. The number of likely N-dealkylation sites (tertiary alicyclic amines) is 1. The number of halogens is 1. The van der Waals surface area contributed by atoms with Gasteiger partial charge in [-0.3, -0.25) is 0 Å². The van der Waals surface area contributed by atoms with E-state index in [4.69, 9.17) is 10.5 Å². The summed E-state index contributed by atoms with van der Waals surface area (Å²) in [6.07, 6.45) is 10.7. The van der Waals surface area contributed by atoms with E-state index in [0.717, 1.165) is 37.4 Å². The molecule has 1 saturated heterocycles. The molecule has 6 heteroatoms. The van der Waals surface area contributed by atoms with Gasteiger partial charge in [-0.15, -0.1) is 24.0 Å². The van der Waals surface area contributed by atoms with Crippen molar-refractivity contribution in [2.75, 3.05) is 13.1 Å². The maximum absolute atomic E-state index is 6.10. The predicted molar refractivity (Wildman–Crippen MR) is 103 cm³/mol. The number of hydrogen-bond acceptors (Lipinski definition) is 3. The lowest BCUT2D eigenvalue weighted by Crippen LogP contribution is -2.40. The summed E-state index contributed by atoms with van der Waals surface area (Å²) in [5, 5.41) is 0. The molecule has 0 spiro atoms. The molecule has 0 unspecified atom stereocenters. The average molecular weight is 430 g/mol. The summed E-state index contributed by atoms with van der Waals surface area (Å²) >= 11 is 0. The van der Waals surface area contributed by atoms with Crippen molar-refractivity contribution in [3.05, 3.63) is 23.9 Å². The zero-order valence-electron chi connectivity index (χ0n) is 13.6. The fourth-order valence-corrected chi connectivity index (χ4v) is 3.19. The number of hydrogen-bond donors (Lipinski definition) is 1. The van der Waals surface area contributed by atoms with Crippen LogP contribution in [0.2, 0.25) is 0 Å². The van der Waals surface area contributed by atoms with Crippen molar-refractivity contribution in [2.24, 2.45) is 10.7 Å². The minimum Gasteiger partial charge on any atom is -0.474 e. The molecule has 5 nitrogen and oxygen atoms in total. The summed E-state index contributed by atoms with van der Waals surface area (Å²) in [4.78, 5) is 11.0. The fraction of sp³-hybridized carbons (Fsp3) is 0.647. The third-order valence-corrected chi connectivity index (χ3v) is 4.49. The number of ether oxygens (including phenoxy) is 1. The van der Waals surface area contributed by atoms with Crippen molar-refractivity contribution in [3.63, 3.8) is 0 Å². The molecule has 23 heavy (non-hydrogen) atoms. The van der Waals surface area contributed by atoms with E-state index >= 15 is 0 Å². The summed E-state index contributed by atoms with van der Waals surface area (Å²) in [6.45, 7) is 2.65. The predicted octanol–water partition coefficient (Wildman–Crippen LogP) is 3.32. The Bertz CT molecular complexity index is 511. The Morgan fingerprint density at radius 1 is 1.22 bits per heavy atom. The van der Waals surface area contributed by atoms with Gasteiger partial charge in [0.1, 0.15) is 6.10 Å². The molecule has 0 atom stereocenters. The van der Waals surface area contributed by atoms with Crippen LogP contribution in [0.25, 0.3) is 0 Å². The molecule has 1 saturated carbocycles. The van der Waals surface area contributed by atoms with Gasteiger partial charge in [-0.25, -0.2) is 9.98 Å². The molecular weight excluding hydrogens is 403 g/mol. The van der Waals surface area contributed by atoms with E-state index in [-0.39, 0.29) is 24.0 Å². The van der Waals surface area contributed by atoms with Gasteiger partial charge in [0.25, 0.3) is 0 Å². The highest BCUT2D eigenvalue weighted by Crippen LogP contribution is 2.23. The normalized spacial score (nSPS) is 19.5. The van der Waals surface area contributed by atoms with E-state index < -0.39 is 0 Å². The fourth-order valence-electron chi connectivity index (χ4n) is 3.19. The average Bonchev–Trinajstić information content (AvgIpc) is 3.07. The van der Waals surface area contributed by atoms with Crippen LogP contribution in [0.5, 0.6) is 5.88 Å². The summed E-state index contributed by atoms with van der Waals surface area (Å²) in [5.74, 6) is 1.38. The number of piperidine rings is 1. The van der Waals surface area contributed by atoms with E-state index in [2.05, 4.69) is 14.9 Å². The largest absolute Gasteiger partial charge is 0.474 e. The second kappa shape index (κ2) is 9.30. The van der Waals surface area contributed by atoms with Crippen LogP contribution in [-0.4, -0.2) is 35.0 Å². The molecular formula is C17H27IN4O. The Morgan fingerprint density at radius 2 is 1.96 bits per heavy atom. The smallest absolute Gasteiger partial charge is 0.213 e. The monoisotopic (exact) mass is 430 g/mol. The van der Waals surface area contributed by atoms with Crippen LogP contribution in [0.15, 0.2) is 23.3 Å². The van der Waals surface area contributed by atoms with Gasteiger partial charge in [-0.2, -0.15) is 0 Å². The molecule has 3 rings (SSSR count). The van der Waals surface area contributed by atoms with Gasteiger partial charge in [0.05, 0.1) is 6.54 Å². The van der Waals surface area contributed by atoms with Crippen molar-refractivity contribution in [3.8, 4) is 5.88 Å². The molecule has 2 aliphatic rings. The third kappa shape index (κ3) is 5.51. The van der Waals surface area contributed by atoms with Crippen molar-refractivity contribution in [1.82, 2.24) is 9.88 Å². The molecule has 1 aliphatic heterocycles. The lowest BCUT2D eigenvalue weighted by molar-refractivity contribution is 0.201. The van der Waals surface area contributed by atoms with Crippen molar-refractivity contribution >= 4 is 29.9 Å². The highest BCUT2D eigenvalue weighted by Gasteiger charge is 2.17. The molecule has 2 N–H and O–H groups in total. The lowest BCUT2D eigenvalue weighted by atomic mass is 10.1. The highest BCUT2D eigenvalue weighted by molar-refractivity contribution is 14.0. The summed E-state index contributed by atoms with van der Waals surface area (Å²) in [7, 11) is 0. The topological polar surface area (TPSA) is 63.7 Å². The highest BCUT2D eigenvalue weighted by atomic mass is 127. The molecule has 0 aromatic carbocycles. The molecule has 2 fully saturated rings. The van der Waals surface area contributed by atoms with Crippen molar-refractivity contribution < 1.29 is 4.74 Å². The van der Waals surface area contributed by atoms with Crippen LogP contribution in [0.4, 0.5) is 0 Å². The van der Waals surface area contributed by atoms with Gasteiger partial charge in [-0.05, 0) is 56.6 Å². The van der Waals surface area contributed by atoms with Crippen LogP contribution < -0.4 is 10.5 Å². The molecule has 1 aliphatic carbocycles. The van der Waals surface area contributed by atoms with E-state index in [1.807, 2.05) is 12.1 Å². The molecule has 1 aromatic heterocycles. The number of aliphatic imine (C=N–C) groups is 1. The summed E-state index contributed by atoms with van der Waals surface area (Å²) < 4.78 is 5.94. The zero-order valence-corrected chi connectivity index (χ0v) is 15.9. The second-order valence-electron chi connectivity index (χ2n) is 6.25. The molecule has 0 amide bonds. The summed E-state index contributed by atoms with van der Waals surface area (Å²) in [6, 6.07) is 3.97. The Labute approximate surface area is 155 Å². The van der Waals surface area contributed by atoms with Crippen LogP contribution in [0, 0.1) is 0 Å². The van der Waals surface area contributed by atoms with Gasteiger partial charge >= 0.3 is 0 Å². The Balaban J connectivity index is 0.00000192. The quantitative estimate of drug-likeness (QED) is 0.452. The zero-order chi connectivity index (χ0) is 15.2. The number of aromatic nitrogens is 1. The van der Waals surface area contributed by atoms with Crippen molar-refractivity contribution in [2.45, 2.75) is 57.6 Å². The van der Waals surface area contributed by atoms with Gasteiger partial charge < -0.3 is 15.4 Å². The van der Waals surface area contributed by atoms with Gasteiger partial charge in [0.2, 0.25) is 5.88 Å². The third-order valence-electron chi connectivity index (χ3n) is 4.49. The maximum Gasteiger partial charge on any atom is 0.213 e. The molecule has 0 radical (unpaired) electrons. The number of nitrogens with two attached hydrogens (primary N) is 1. The maximum atomic E-state index is 6.10. The van der Waals surface area contributed by atoms with E-state index in [1.165, 1.54) is 32.1 Å². The Hall–Kier alpha value is -1.05. The van der Waals surface area contributed by atoms with E-state index in [0.29, 0.717) is 18.6 Å². The van der Waals surface area contributed by atoms with Crippen LogP contribution in [-0.2, 0) is 6.54 Å². The first-order valence-electron chi connectivity index (χ1n) is 8.48.